The van der Waals surface area contributed by atoms with E-state index in [9.17, 15) is 4.79 Å². The van der Waals surface area contributed by atoms with Gasteiger partial charge in [0.15, 0.2) is 0 Å². The van der Waals surface area contributed by atoms with Crippen molar-refractivity contribution in [2.24, 2.45) is 11.0 Å². The predicted octanol–water partition coefficient (Wildman–Crippen LogP) is 7.08. The summed E-state index contributed by atoms with van der Waals surface area (Å²) in [6, 6.07) is 5.70. The SMILES string of the molecule is C=S(Nc1cc(Cl)ccc1CN1N=C(C)C(CCCCC)C1=O)C1=CC=C(Cl)CC1. The number of hydrogen-bond acceptors (Lipinski definition) is 3. The van der Waals surface area contributed by atoms with Gasteiger partial charge in [-0.1, -0.05) is 78.1 Å². The lowest BCUT2D eigenvalue weighted by Crippen LogP contribution is -2.27. The van der Waals surface area contributed by atoms with E-state index in [1.165, 1.54) is 4.91 Å². The van der Waals surface area contributed by atoms with E-state index in [0.29, 0.717) is 11.6 Å². The number of halogens is 2. The summed E-state index contributed by atoms with van der Waals surface area (Å²) in [4.78, 5) is 14.1. The Labute approximate surface area is 192 Å². The fourth-order valence-corrected chi connectivity index (χ4v) is 5.15. The number of carbonyl (C=O) groups excluding carboxylic acids is 1. The number of carbonyl (C=O) groups is 1. The van der Waals surface area contributed by atoms with Gasteiger partial charge in [-0.2, -0.15) is 5.10 Å². The summed E-state index contributed by atoms with van der Waals surface area (Å²) >= 11 is 12.3. The highest BCUT2D eigenvalue weighted by molar-refractivity contribution is 8.18. The number of hydrogen-bond donors (Lipinski definition) is 1. The van der Waals surface area contributed by atoms with Gasteiger partial charge in [0.25, 0.3) is 5.91 Å². The molecule has 3 rings (SSSR count). The molecule has 1 amide bonds. The van der Waals surface area contributed by atoms with Crippen LogP contribution in [-0.4, -0.2) is 22.5 Å². The minimum Gasteiger partial charge on any atom is -0.332 e. The number of rotatable bonds is 9. The number of amides is 1. The normalized spacial score (nSPS) is 20.0. The van der Waals surface area contributed by atoms with Crippen molar-refractivity contribution in [3.8, 4) is 0 Å². The Morgan fingerprint density at radius 2 is 2.07 bits per heavy atom. The number of hydrazone groups is 1. The molecule has 1 aliphatic carbocycles. The molecule has 0 saturated heterocycles. The maximum atomic E-state index is 12.9. The molecule has 1 heterocycles. The van der Waals surface area contributed by atoms with E-state index in [1.807, 2.05) is 37.3 Å². The summed E-state index contributed by atoms with van der Waals surface area (Å²) in [5.74, 6) is 4.29. The van der Waals surface area contributed by atoms with E-state index < -0.39 is 10.7 Å². The molecule has 7 heteroatoms. The summed E-state index contributed by atoms with van der Waals surface area (Å²) in [6.07, 6.45) is 9.92. The molecule has 1 aromatic carbocycles. The van der Waals surface area contributed by atoms with E-state index in [2.05, 4.69) is 22.6 Å². The Balaban J connectivity index is 1.73. The number of allylic oxidation sites excluding steroid dienone is 4. The van der Waals surface area contributed by atoms with Gasteiger partial charge in [0.2, 0.25) is 0 Å². The summed E-state index contributed by atoms with van der Waals surface area (Å²) in [5.41, 5.74) is 2.77. The number of nitrogens with one attached hydrogen (secondary N) is 1. The fraction of sp³-hybridized carbons (Fsp3) is 0.435. The van der Waals surface area contributed by atoms with Crippen molar-refractivity contribution in [1.82, 2.24) is 5.01 Å². The van der Waals surface area contributed by atoms with Crippen LogP contribution in [0.25, 0.3) is 0 Å². The van der Waals surface area contributed by atoms with Crippen molar-refractivity contribution >= 4 is 57.0 Å². The number of unbranched alkanes of at least 4 members (excludes halogenated alkanes) is 2. The molecule has 0 bridgehead atoms. The van der Waals surface area contributed by atoms with E-state index in [4.69, 9.17) is 23.2 Å². The predicted molar refractivity (Wildman–Crippen MR) is 132 cm³/mol. The van der Waals surface area contributed by atoms with Crippen LogP contribution in [0.2, 0.25) is 5.02 Å². The van der Waals surface area contributed by atoms with E-state index in [-0.39, 0.29) is 11.8 Å². The van der Waals surface area contributed by atoms with Gasteiger partial charge in [0.1, 0.15) is 0 Å². The van der Waals surface area contributed by atoms with Crippen LogP contribution in [0.3, 0.4) is 0 Å². The number of anilines is 1. The first kappa shape index (κ1) is 23.1. The second-order valence-electron chi connectivity index (χ2n) is 7.73. The maximum absolute atomic E-state index is 12.9. The van der Waals surface area contributed by atoms with Crippen LogP contribution in [0.15, 0.2) is 45.4 Å². The lowest BCUT2D eigenvalue weighted by molar-refractivity contribution is -0.132. The van der Waals surface area contributed by atoms with E-state index >= 15 is 0 Å². The summed E-state index contributed by atoms with van der Waals surface area (Å²) in [6.45, 7) is 4.54. The third kappa shape index (κ3) is 5.77. The van der Waals surface area contributed by atoms with Crippen LogP contribution < -0.4 is 4.72 Å². The Kier molecular flexibility index (Phi) is 8.20. The van der Waals surface area contributed by atoms with Gasteiger partial charge in [0, 0.05) is 15.8 Å². The second-order valence-corrected chi connectivity index (χ2v) is 10.2. The Bertz CT molecular complexity index is 923. The molecule has 1 aliphatic heterocycles. The second kappa shape index (κ2) is 10.7. The molecular weight excluding hydrogens is 437 g/mol. The quantitative estimate of drug-likeness (QED) is 0.312. The largest absolute Gasteiger partial charge is 0.332 e. The maximum Gasteiger partial charge on any atom is 0.251 e. The minimum absolute atomic E-state index is 0.0906. The molecule has 162 valence electrons. The smallest absolute Gasteiger partial charge is 0.251 e. The Hall–Kier alpha value is -1.56. The summed E-state index contributed by atoms with van der Waals surface area (Å²) in [5, 5.41) is 7.67. The average molecular weight is 466 g/mol. The van der Waals surface area contributed by atoms with E-state index in [1.54, 1.807) is 5.01 Å². The standard InChI is InChI=1S/C23H29Cl2N3OS/c1-4-5-6-7-21-16(2)26-28(23(21)29)15-17-8-9-19(25)14-22(17)27-30(3)20-12-10-18(24)11-13-20/h8-10,12,14,21,27H,3-7,11,13,15H2,1-2H3. The van der Waals surface area contributed by atoms with Crippen molar-refractivity contribution in [2.75, 3.05) is 4.72 Å². The topological polar surface area (TPSA) is 44.7 Å². The van der Waals surface area contributed by atoms with Crippen molar-refractivity contribution in [3.05, 3.63) is 50.9 Å². The van der Waals surface area contributed by atoms with Crippen LogP contribution in [0.4, 0.5) is 5.69 Å². The zero-order chi connectivity index (χ0) is 21.7. The van der Waals surface area contributed by atoms with Crippen molar-refractivity contribution in [3.63, 3.8) is 0 Å². The van der Waals surface area contributed by atoms with Gasteiger partial charge in [0.05, 0.1) is 18.2 Å². The molecule has 2 atom stereocenters. The lowest BCUT2D eigenvalue weighted by Gasteiger charge is -2.21. The zero-order valence-corrected chi connectivity index (χ0v) is 19.9. The van der Waals surface area contributed by atoms with Gasteiger partial charge in [-0.15, -0.1) is 0 Å². The van der Waals surface area contributed by atoms with Crippen molar-refractivity contribution in [2.45, 2.75) is 58.9 Å². The molecular formula is C23H29Cl2N3OS. The highest BCUT2D eigenvalue weighted by Gasteiger charge is 2.33. The van der Waals surface area contributed by atoms with Crippen LogP contribution in [0.5, 0.6) is 0 Å². The van der Waals surface area contributed by atoms with Gasteiger partial charge < -0.3 is 4.72 Å². The van der Waals surface area contributed by atoms with Crippen LogP contribution in [0, 0.1) is 5.92 Å². The lowest BCUT2D eigenvalue weighted by atomic mass is 9.97. The molecule has 0 radical (unpaired) electrons. The highest BCUT2D eigenvalue weighted by Crippen LogP contribution is 2.36. The molecule has 0 aromatic heterocycles. The van der Waals surface area contributed by atoms with Crippen molar-refractivity contribution in [1.29, 1.82) is 0 Å². The van der Waals surface area contributed by atoms with Gasteiger partial charge in [-0.05, 0) is 54.9 Å². The van der Waals surface area contributed by atoms with Crippen LogP contribution in [0.1, 0.15) is 57.9 Å². The third-order valence-corrected chi connectivity index (χ3v) is 7.42. The zero-order valence-electron chi connectivity index (χ0n) is 17.6. The summed E-state index contributed by atoms with van der Waals surface area (Å²) in [7, 11) is -0.412. The molecule has 2 aliphatic rings. The molecule has 0 spiro atoms. The van der Waals surface area contributed by atoms with Gasteiger partial charge in [-0.25, -0.2) is 5.01 Å². The first-order chi connectivity index (χ1) is 14.4. The van der Waals surface area contributed by atoms with Gasteiger partial charge in [-0.3, -0.25) is 4.79 Å². The molecule has 30 heavy (non-hydrogen) atoms. The Morgan fingerprint density at radius 3 is 2.77 bits per heavy atom. The molecule has 4 nitrogen and oxygen atoms in total. The fourth-order valence-electron chi connectivity index (χ4n) is 3.65. The monoisotopic (exact) mass is 465 g/mol. The van der Waals surface area contributed by atoms with Gasteiger partial charge >= 0.3 is 0 Å². The average Bonchev–Trinajstić information content (AvgIpc) is 2.98. The molecule has 1 aromatic rings. The first-order valence-electron chi connectivity index (χ1n) is 10.4. The molecule has 2 unspecified atom stereocenters. The third-order valence-electron chi connectivity index (χ3n) is 5.43. The van der Waals surface area contributed by atoms with Crippen LogP contribution >= 0.6 is 33.9 Å². The molecule has 0 fully saturated rings. The van der Waals surface area contributed by atoms with Crippen molar-refractivity contribution < 1.29 is 4.79 Å². The number of benzene rings is 1. The first-order valence-corrected chi connectivity index (χ1v) is 12.5. The van der Waals surface area contributed by atoms with E-state index in [0.717, 1.165) is 60.5 Å². The summed E-state index contributed by atoms with van der Waals surface area (Å²) < 4.78 is 3.49. The molecule has 1 N–H and O–H groups in total. The Morgan fingerprint density at radius 1 is 1.27 bits per heavy atom. The minimum atomic E-state index is -0.412. The number of nitrogens with zero attached hydrogens (tertiary/aromatic N) is 2. The van der Waals surface area contributed by atoms with Crippen LogP contribution in [-0.2, 0) is 11.3 Å². The molecule has 0 saturated carbocycles. The highest BCUT2D eigenvalue weighted by atomic mass is 35.5.